The molecule has 5 nitrogen and oxygen atoms in total. The van der Waals surface area contributed by atoms with Gasteiger partial charge in [-0.3, -0.25) is 4.90 Å². The molecule has 2 heterocycles. The van der Waals surface area contributed by atoms with Crippen LogP contribution < -0.4 is 0 Å². The first-order valence-electron chi connectivity index (χ1n) is 8.25. The van der Waals surface area contributed by atoms with Crippen LogP contribution >= 0.6 is 0 Å². The summed E-state index contributed by atoms with van der Waals surface area (Å²) in [4.78, 5) is 1.94. The Bertz CT molecular complexity index is 719. The van der Waals surface area contributed by atoms with Crippen LogP contribution in [0.2, 0.25) is 0 Å². The summed E-state index contributed by atoms with van der Waals surface area (Å²) in [6.45, 7) is 5.63. The zero-order chi connectivity index (χ0) is 17.3. The predicted octanol–water partition coefficient (Wildman–Crippen LogP) is 2.58. The molecule has 1 aliphatic rings. The van der Waals surface area contributed by atoms with Gasteiger partial charge in [-0.25, -0.2) is 8.78 Å². The summed E-state index contributed by atoms with van der Waals surface area (Å²) in [5.41, 5.74) is 0.282. The number of aromatic nitrogens is 3. The van der Waals surface area contributed by atoms with Crippen LogP contribution in [-0.4, -0.2) is 37.4 Å². The normalized spacial score (nSPS) is 21.5. The van der Waals surface area contributed by atoms with Crippen LogP contribution in [0.4, 0.5) is 8.78 Å². The number of hydrogen-bond donors (Lipinski definition) is 1. The zero-order valence-electron chi connectivity index (χ0n) is 13.9. The SMILES string of the molecule is CCCn1c(C)nnc1CN1CC(O)CC1c1cc(F)ccc1F. The number of aliphatic hydroxyl groups is 1. The lowest BCUT2D eigenvalue weighted by Gasteiger charge is -2.24. The quantitative estimate of drug-likeness (QED) is 0.912. The molecule has 7 heteroatoms. The van der Waals surface area contributed by atoms with E-state index in [1.807, 2.05) is 16.4 Å². The lowest BCUT2D eigenvalue weighted by Crippen LogP contribution is -2.27. The van der Waals surface area contributed by atoms with Crippen molar-refractivity contribution >= 4 is 0 Å². The summed E-state index contributed by atoms with van der Waals surface area (Å²) in [6, 6.07) is 3.09. The number of aliphatic hydroxyl groups excluding tert-OH is 1. The number of halogens is 2. The summed E-state index contributed by atoms with van der Waals surface area (Å²) in [6.07, 6.45) is 0.763. The number of rotatable bonds is 5. The zero-order valence-corrected chi connectivity index (χ0v) is 13.9. The van der Waals surface area contributed by atoms with Gasteiger partial charge in [-0.05, 0) is 38.0 Å². The minimum absolute atomic E-state index is 0.282. The number of aryl methyl sites for hydroxylation is 1. The van der Waals surface area contributed by atoms with Gasteiger partial charge in [-0.15, -0.1) is 10.2 Å². The van der Waals surface area contributed by atoms with Crippen molar-refractivity contribution in [2.24, 2.45) is 0 Å². The van der Waals surface area contributed by atoms with E-state index >= 15 is 0 Å². The molecule has 2 atom stereocenters. The molecule has 3 rings (SSSR count). The molecule has 1 aromatic carbocycles. The molecule has 1 saturated heterocycles. The van der Waals surface area contributed by atoms with E-state index in [1.165, 1.54) is 6.07 Å². The molecule has 0 saturated carbocycles. The van der Waals surface area contributed by atoms with Crippen molar-refractivity contribution in [1.82, 2.24) is 19.7 Å². The van der Waals surface area contributed by atoms with Gasteiger partial charge in [0.1, 0.15) is 23.3 Å². The first-order chi connectivity index (χ1) is 11.5. The molecule has 24 heavy (non-hydrogen) atoms. The van der Waals surface area contributed by atoms with Crippen molar-refractivity contribution in [2.75, 3.05) is 6.54 Å². The predicted molar refractivity (Wildman–Crippen MR) is 85.2 cm³/mol. The van der Waals surface area contributed by atoms with Gasteiger partial charge in [-0.2, -0.15) is 0 Å². The summed E-state index contributed by atoms with van der Waals surface area (Å²) in [5, 5.41) is 18.4. The van der Waals surface area contributed by atoms with Gasteiger partial charge in [0, 0.05) is 24.7 Å². The van der Waals surface area contributed by atoms with E-state index in [0.717, 1.165) is 36.7 Å². The van der Waals surface area contributed by atoms with E-state index in [0.29, 0.717) is 19.5 Å². The van der Waals surface area contributed by atoms with E-state index in [2.05, 4.69) is 17.1 Å². The van der Waals surface area contributed by atoms with Crippen molar-refractivity contribution in [2.45, 2.75) is 51.9 Å². The monoisotopic (exact) mass is 336 g/mol. The third-order valence-corrected chi connectivity index (χ3v) is 4.50. The maximum Gasteiger partial charge on any atom is 0.147 e. The molecule has 2 aromatic rings. The fourth-order valence-corrected chi connectivity index (χ4v) is 3.39. The highest BCUT2D eigenvalue weighted by Crippen LogP contribution is 2.35. The first kappa shape index (κ1) is 17.0. The highest BCUT2D eigenvalue weighted by molar-refractivity contribution is 5.24. The molecular formula is C17H22F2N4O. The van der Waals surface area contributed by atoms with Crippen LogP contribution in [0.15, 0.2) is 18.2 Å². The maximum atomic E-state index is 14.2. The Morgan fingerprint density at radius 2 is 2.08 bits per heavy atom. The summed E-state index contributed by atoms with van der Waals surface area (Å²) in [5.74, 6) is 0.690. The van der Waals surface area contributed by atoms with Crippen LogP contribution in [0.5, 0.6) is 0 Å². The van der Waals surface area contributed by atoms with E-state index in [1.54, 1.807) is 0 Å². The third kappa shape index (κ3) is 3.32. The van der Waals surface area contributed by atoms with Crippen LogP contribution in [0.1, 0.15) is 43.0 Å². The average molecular weight is 336 g/mol. The number of nitrogens with zero attached hydrogens (tertiary/aromatic N) is 4. The van der Waals surface area contributed by atoms with Crippen molar-refractivity contribution in [3.8, 4) is 0 Å². The van der Waals surface area contributed by atoms with Gasteiger partial charge in [0.2, 0.25) is 0 Å². The van der Waals surface area contributed by atoms with Crippen LogP contribution in [-0.2, 0) is 13.1 Å². The van der Waals surface area contributed by atoms with Gasteiger partial charge in [-0.1, -0.05) is 6.92 Å². The van der Waals surface area contributed by atoms with Crippen molar-refractivity contribution in [1.29, 1.82) is 0 Å². The lowest BCUT2D eigenvalue weighted by molar-refractivity contribution is 0.170. The number of β-amino-alcohol motifs (C(OH)–C–C–N with tert-alkyl or cyclic N) is 1. The largest absolute Gasteiger partial charge is 0.392 e. The fraction of sp³-hybridized carbons (Fsp3) is 0.529. The number of likely N-dealkylation sites (tertiary alicyclic amines) is 1. The van der Waals surface area contributed by atoms with Crippen molar-refractivity contribution in [3.05, 3.63) is 47.0 Å². The Balaban J connectivity index is 1.87. The minimum Gasteiger partial charge on any atom is -0.392 e. The van der Waals surface area contributed by atoms with Crippen LogP contribution in [0.3, 0.4) is 0 Å². The molecule has 1 aromatic heterocycles. The van der Waals surface area contributed by atoms with E-state index < -0.39 is 17.7 Å². The van der Waals surface area contributed by atoms with Gasteiger partial charge in [0.25, 0.3) is 0 Å². The second-order valence-corrected chi connectivity index (χ2v) is 6.32. The van der Waals surface area contributed by atoms with Gasteiger partial charge < -0.3 is 9.67 Å². The Labute approximate surface area is 139 Å². The molecule has 0 aliphatic carbocycles. The highest BCUT2D eigenvalue weighted by Gasteiger charge is 2.34. The average Bonchev–Trinajstić information content (AvgIpc) is 3.07. The number of benzene rings is 1. The molecule has 1 N–H and O–H groups in total. The molecule has 1 fully saturated rings. The van der Waals surface area contributed by atoms with Gasteiger partial charge in [0.05, 0.1) is 12.6 Å². The van der Waals surface area contributed by atoms with Crippen LogP contribution in [0.25, 0.3) is 0 Å². The van der Waals surface area contributed by atoms with Gasteiger partial charge in [0.15, 0.2) is 0 Å². The van der Waals surface area contributed by atoms with Crippen molar-refractivity contribution in [3.63, 3.8) is 0 Å². The fourth-order valence-electron chi connectivity index (χ4n) is 3.39. The Kier molecular flexibility index (Phi) is 4.91. The van der Waals surface area contributed by atoms with E-state index in [-0.39, 0.29) is 11.6 Å². The lowest BCUT2D eigenvalue weighted by atomic mass is 10.0. The topological polar surface area (TPSA) is 54.2 Å². The Hall–Kier alpha value is -1.86. The van der Waals surface area contributed by atoms with Crippen LogP contribution in [0, 0.1) is 18.6 Å². The molecule has 130 valence electrons. The second kappa shape index (κ2) is 6.94. The van der Waals surface area contributed by atoms with Gasteiger partial charge >= 0.3 is 0 Å². The smallest absolute Gasteiger partial charge is 0.147 e. The Morgan fingerprint density at radius 1 is 1.29 bits per heavy atom. The second-order valence-electron chi connectivity index (χ2n) is 6.32. The Morgan fingerprint density at radius 3 is 2.83 bits per heavy atom. The molecule has 2 unspecified atom stereocenters. The summed E-state index contributed by atoms with van der Waals surface area (Å²) in [7, 11) is 0. The minimum atomic E-state index is -0.568. The first-order valence-corrected chi connectivity index (χ1v) is 8.25. The van der Waals surface area contributed by atoms with Crippen molar-refractivity contribution < 1.29 is 13.9 Å². The molecular weight excluding hydrogens is 314 g/mol. The number of hydrogen-bond acceptors (Lipinski definition) is 4. The molecule has 0 spiro atoms. The molecule has 0 amide bonds. The molecule has 1 aliphatic heterocycles. The highest BCUT2D eigenvalue weighted by atomic mass is 19.1. The van der Waals surface area contributed by atoms with E-state index in [4.69, 9.17) is 0 Å². The van der Waals surface area contributed by atoms with E-state index in [9.17, 15) is 13.9 Å². The maximum absolute atomic E-state index is 14.2. The molecule has 0 radical (unpaired) electrons. The molecule has 0 bridgehead atoms. The third-order valence-electron chi connectivity index (χ3n) is 4.50. The summed E-state index contributed by atoms with van der Waals surface area (Å²) >= 11 is 0. The standard InChI is InChI=1S/C17H22F2N4O/c1-3-6-23-11(2)20-21-17(23)10-22-9-13(24)8-16(22)14-7-12(18)4-5-15(14)19/h4-5,7,13,16,24H,3,6,8-10H2,1-2H3. The summed E-state index contributed by atoms with van der Waals surface area (Å²) < 4.78 is 29.7.